The van der Waals surface area contributed by atoms with Gasteiger partial charge >= 0.3 is 0 Å². The number of alkyl halides is 1. The van der Waals surface area contributed by atoms with Gasteiger partial charge in [-0.25, -0.2) is 0 Å². The van der Waals surface area contributed by atoms with Crippen molar-refractivity contribution in [2.75, 3.05) is 4.43 Å². The van der Waals surface area contributed by atoms with Crippen molar-refractivity contribution in [1.82, 2.24) is 0 Å². The summed E-state index contributed by atoms with van der Waals surface area (Å²) in [6, 6.07) is 5.93. The molecule has 5 heteroatoms. The third kappa shape index (κ3) is 2.63. The topological polar surface area (TPSA) is 63.4 Å². The Bertz CT molecular complexity index is 299. The van der Waals surface area contributed by atoms with E-state index in [1.54, 1.807) is 12.1 Å². The number of aliphatic hydroxyl groups is 1. The van der Waals surface area contributed by atoms with Gasteiger partial charge in [-0.3, -0.25) is 10.1 Å². The van der Waals surface area contributed by atoms with Crippen LogP contribution in [0, 0.1) is 10.1 Å². The molecule has 0 heterocycles. The van der Waals surface area contributed by atoms with E-state index in [1.165, 1.54) is 12.1 Å². The standard InChI is InChI=1S/C8H8INO3/c9-5-8(11)6-1-3-7(4-2-6)10(12)13/h1-4,8,11H,5H2. The van der Waals surface area contributed by atoms with Crippen molar-refractivity contribution in [3.63, 3.8) is 0 Å². The summed E-state index contributed by atoms with van der Waals surface area (Å²) in [6.45, 7) is 0. The Balaban J connectivity index is 2.87. The summed E-state index contributed by atoms with van der Waals surface area (Å²) >= 11 is 2.06. The Kier molecular flexibility index (Phi) is 3.61. The fourth-order valence-electron chi connectivity index (χ4n) is 0.907. The van der Waals surface area contributed by atoms with E-state index in [0.29, 0.717) is 9.99 Å². The van der Waals surface area contributed by atoms with Gasteiger partial charge in [-0.15, -0.1) is 0 Å². The van der Waals surface area contributed by atoms with Crippen LogP contribution >= 0.6 is 22.6 Å². The average molecular weight is 293 g/mol. The molecule has 1 atom stereocenters. The van der Waals surface area contributed by atoms with Crippen molar-refractivity contribution >= 4 is 28.3 Å². The Morgan fingerprint density at radius 1 is 1.46 bits per heavy atom. The van der Waals surface area contributed by atoms with Gasteiger partial charge in [-0.2, -0.15) is 0 Å². The number of halogens is 1. The van der Waals surface area contributed by atoms with Gasteiger partial charge in [0.15, 0.2) is 0 Å². The molecule has 1 unspecified atom stereocenters. The highest BCUT2D eigenvalue weighted by Crippen LogP contribution is 2.18. The maximum absolute atomic E-state index is 10.3. The number of benzene rings is 1. The molecule has 0 radical (unpaired) electrons. The van der Waals surface area contributed by atoms with Crippen LogP contribution in [0.3, 0.4) is 0 Å². The van der Waals surface area contributed by atoms with Gasteiger partial charge < -0.3 is 5.11 Å². The molecule has 0 saturated heterocycles. The van der Waals surface area contributed by atoms with Crippen molar-refractivity contribution in [3.05, 3.63) is 39.9 Å². The average Bonchev–Trinajstić information content (AvgIpc) is 2.17. The zero-order valence-corrected chi connectivity index (χ0v) is 8.84. The maximum Gasteiger partial charge on any atom is 0.269 e. The van der Waals surface area contributed by atoms with E-state index in [0.717, 1.165) is 0 Å². The third-order valence-corrected chi connectivity index (χ3v) is 2.47. The quantitative estimate of drug-likeness (QED) is 0.401. The summed E-state index contributed by atoms with van der Waals surface area (Å²) in [4.78, 5) is 9.84. The van der Waals surface area contributed by atoms with Crippen LogP contribution in [0.5, 0.6) is 0 Å². The Morgan fingerprint density at radius 3 is 2.38 bits per heavy atom. The molecule has 1 N–H and O–H groups in total. The lowest BCUT2D eigenvalue weighted by atomic mass is 10.1. The molecule has 0 aromatic heterocycles. The van der Waals surface area contributed by atoms with E-state index in [1.807, 2.05) is 0 Å². The van der Waals surface area contributed by atoms with Gasteiger partial charge in [0.1, 0.15) is 0 Å². The van der Waals surface area contributed by atoms with E-state index in [-0.39, 0.29) is 5.69 Å². The second-order valence-corrected chi connectivity index (χ2v) is 3.40. The number of nitro benzene ring substituents is 1. The summed E-state index contributed by atoms with van der Waals surface area (Å²) in [5, 5.41) is 19.7. The number of non-ortho nitro benzene ring substituents is 1. The predicted octanol–water partition coefficient (Wildman–Crippen LogP) is 2.06. The van der Waals surface area contributed by atoms with Crippen molar-refractivity contribution in [3.8, 4) is 0 Å². The first-order valence-electron chi connectivity index (χ1n) is 3.63. The van der Waals surface area contributed by atoms with Gasteiger partial charge in [-0.05, 0) is 17.7 Å². The molecule has 0 aliphatic rings. The molecule has 70 valence electrons. The third-order valence-electron chi connectivity index (χ3n) is 1.63. The number of hydrogen-bond acceptors (Lipinski definition) is 3. The lowest BCUT2D eigenvalue weighted by Crippen LogP contribution is -1.98. The van der Waals surface area contributed by atoms with Gasteiger partial charge in [0, 0.05) is 16.6 Å². The molecule has 0 bridgehead atoms. The van der Waals surface area contributed by atoms with Crippen LogP contribution in [0.4, 0.5) is 5.69 Å². The minimum atomic E-state index is -0.540. The first-order chi connectivity index (χ1) is 6.15. The smallest absolute Gasteiger partial charge is 0.269 e. The van der Waals surface area contributed by atoms with E-state index in [4.69, 9.17) is 0 Å². The lowest BCUT2D eigenvalue weighted by Gasteiger charge is -2.05. The molecule has 0 fully saturated rings. The van der Waals surface area contributed by atoms with E-state index >= 15 is 0 Å². The summed E-state index contributed by atoms with van der Waals surface area (Å²) in [5.41, 5.74) is 0.754. The zero-order chi connectivity index (χ0) is 9.84. The van der Waals surface area contributed by atoms with Gasteiger partial charge in [0.2, 0.25) is 0 Å². The Hall–Kier alpha value is -0.690. The Labute approximate surface area is 88.9 Å². The number of nitro groups is 1. The predicted molar refractivity (Wildman–Crippen MR) is 56.9 cm³/mol. The van der Waals surface area contributed by atoms with Crippen LogP contribution in [-0.4, -0.2) is 14.5 Å². The van der Waals surface area contributed by atoms with Crippen molar-refractivity contribution in [2.24, 2.45) is 0 Å². The first-order valence-corrected chi connectivity index (χ1v) is 5.16. The molecule has 4 nitrogen and oxygen atoms in total. The number of rotatable bonds is 3. The molecule has 0 saturated carbocycles. The zero-order valence-electron chi connectivity index (χ0n) is 6.68. The summed E-state index contributed by atoms with van der Waals surface area (Å²) < 4.78 is 0.579. The molecular formula is C8H8INO3. The van der Waals surface area contributed by atoms with Gasteiger partial charge in [0.05, 0.1) is 11.0 Å². The molecular weight excluding hydrogens is 285 g/mol. The van der Waals surface area contributed by atoms with E-state index in [2.05, 4.69) is 22.6 Å². The summed E-state index contributed by atoms with van der Waals surface area (Å²) in [5.74, 6) is 0. The minimum Gasteiger partial charge on any atom is -0.388 e. The first kappa shape index (κ1) is 10.4. The van der Waals surface area contributed by atoms with Crippen LogP contribution in [0.1, 0.15) is 11.7 Å². The SMILES string of the molecule is O=[N+]([O-])c1ccc(C(O)CI)cc1. The van der Waals surface area contributed by atoms with Crippen LogP contribution < -0.4 is 0 Å². The number of nitrogens with zero attached hydrogens (tertiary/aromatic N) is 1. The highest BCUT2D eigenvalue weighted by Gasteiger charge is 2.08. The van der Waals surface area contributed by atoms with Crippen LogP contribution in [0.15, 0.2) is 24.3 Å². The van der Waals surface area contributed by atoms with Gasteiger partial charge in [-0.1, -0.05) is 22.6 Å². The van der Waals surface area contributed by atoms with Crippen molar-refractivity contribution < 1.29 is 10.0 Å². The Morgan fingerprint density at radius 2 is 2.00 bits per heavy atom. The monoisotopic (exact) mass is 293 g/mol. The van der Waals surface area contributed by atoms with E-state index in [9.17, 15) is 15.2 Å². The van der Waals surface area contributed by atoms with E-state index < -0.39 is 11.0 Å². The van der Waals surface area contributed by atoms with Crippen LogP contribution in [0.25, 0.3) is 0 Å². The lowest BCUT2D eigenvalue weighted by molar-refractivity contribution is -0.384. The molecule has 1 aromatic carbocycles. The number of aliphatic hydroxyl groups excluding tert-OH is 1. The fraction of sp³-hybridized carbons (Fsp3) is 0.250. The summed E-state index contributed by atoms with van der Waals surface area (Å²) in [6.07, 6.45) is -0.540. The van der Waals surface area contributed by atoms with Crippen LogP contribution in [0.2, 0.25) is 0 Å². The molecule has 13 heavy (non-hydrogen) atoms. The summed E-state index contributed by atoms with van der Waals surface area (Å²) in [7, 11) is 0. The van der Waals surface area contributed by atoms with Crippen LogP contribution in [-0.2, 0) is 0 Å². The largest absolute Gasteiger partial charge is 0.388 e. The van der Waals surface area contributed by atoms with Gasteiger partial charge in [0.25, 0.3) is 5.69 Å². The minimum absolute atomic E-state index is 0.0457. The second kappa shape index (κ2) is 4.52. The van der Waals surface area contributed by atoms with Crippen molar-refractivity contribution in [2.45, 2.75) is 6.10 Å². The molecule has 0 aliphatic carbocycles. The second-order valence-electron chi connectivity index (χ2n) is 2.52. The molecule has 1 aromatic rings. The highest BCUT2D eigenvalue weighted by molar-refractivity contribution is 14.1. The molecule has 1 rings (SSSR count). The molecule has 0 amide bonds. The fourth-order valence-corrected chi connectivity index (χ4v) is 1.42. The number of hydrogen-bond donors (Lipinski definition) is 1. The molecule has 0 spiro atoms. The normalized spacial score (nSPS) is 12.5. The molecule has 0 aliphatic heterocycles. The van der Waals surface area contributed by atoms with Crippen molar-refractivity contribution in [1.29, 1.82) is 0 Å². The highest BCUT2D eigenvalue weighted by atomic mass is 127. The maximum atomic E-state index is 10.3.